The Morgan fingerprint density at radius 1 is 1.42 bits per heavy atom. The molecule has 1 heterocycles. The molecule has 0 aliphatic rings. The Morgan fingerprint density at radius 2 is 2.21 bits per heavy atom. The lowest BCUT2D eigenvalue weighted by atomic mass is 10.1. The van der Waals surface area contributed by atoms with Crippen LogP contribution in [0.3, 0.4) is 0 Å². The van der Waals surface area contributed by atoms with Crippen LogP contribution in [0.1, 0.15) is 30.1 Å². The summed E-state index contributed by atoms with van der Waals surface area (Å²) < 4.78 is 13.0. The number of hydrogen-bond donors (Lipinski definition) is 1. The lowest BCUT2D eigenvalue weighted by Crippen LogP contribution is -2.02. The summed E-state index contributed by atoms with van der Waals surface area (Å²) in [7, 11) is 0. The van der Waals surface area contributed by atoms with Crippen molar-refractivity contribution < 1.29 is 9.50 Å². The molecule has 0 fully saturated rings. The molecule has 0 bridgehead atoms. The molecular formula is C14H15FN2OS. The monoisotopic (exact) mass is 278 g/mol. The Morgan fingerprint density at radius 3 is 2.84 bits per heavy atom. The normalized spacial score (nSPS) is 12.4. The van der Waals surface area contributed by atoms with Gasteiger partial charge in [-0.25, -0.2) is 14.4 Å². The van der Waals surface area contributed by atoms with Gasteiger partial charge in [0, 0.05) is 22.3 Å². The summed E-state index contributed by atoms with van der Waals surface area (Å²) in [5.41, 5.74) is 1.51. The average molecular weight is 278 g/mol. The summed E-state index contributed by atoms with van der Waals surface area (Å²) in [6.07, 6.45) is 1.08. The molecule has 5 heteroatoms. The molecule has 0 aliphatic heterocycles. The van der Waals surface area contributed by atoms with E-state index in [9.17, 15) is 9.50 Å². The van der Waals surface area contributed by atoms with E-state index in [-0.39, 0.29) is 5.82 Å². The molecule has 0 aliphatic carbocycles. The lowest BCUT2D eigenvalue weighted by Gasteiger charge is -2.08. The van der Waals surface area contributed by atoms with Gasteiger partial charge in [0.2, 0.25) is 0 Å². The van der Waals surface area contributed by atoms with E-state index in [2.05, 4.69) is 9.97 Å². The van der Waals surface area contributed by atoms with Crippen molar-refractivity contribution in [3.8, 4) is 0 Å². The molecule has 0 unspecified atom stereocenters. The smallest absolute Gasteiger partial charge is 0.138 e. The van der Waals surface area contributed by atoms with Gasteiger partial charge in [-0.15, -0.1) is 11.8 Å². The average Bonchev–Trinajstić information content (AvgIpc) is 2.36. The first-order valence-electron chi connectivity index (χ1n) is 5.95. The van der Waals surface area contributed by atoms with Crippen LogP contribution in [0.15, 0.2) is 35.4 Å². The third kappa shape index (κ3) is 3.75. The van der Waals surface area contributed by atoms with E-state index in [1.165, 1.54) is 23.9 Å². The van der Waals surface area contributed by atoms with Crippen LogP contribution in [0.5, 0.6) is 0 Å². The molecule has 1 aromatic heterocycles. The van der Waals surface area contributed by atoms with E-state index in [0.717, 1.165) is 16.2 Å². The van der Waals surface area contributed by atoms with Crippen LogP contribution in [0, 0.1) is 12.7 Å². The van der Waals surface area contributed by atoms with Gasteiger partial charge < -0.3 is 5.11 Å². The molecule has 0 radical (unpaired) electrons. The van der Waals surface area contributed by atoms with Crippen molar-refractivity contribution in [1.82, 2.24) is 9.97 Å². The zero-order chi connectivity index (χ0) is 13.8. The first kappa shape index (κ1) is 14.0. The molecule has 1 atom stereocenters. The van der Waals surface area contributed by atoms with Gasteiger partial charge in [-0.2, -0.15) is 0 Å². The molecule has 19 heavy (non-hydrogen) atoms. The molecule has 0 saturated carbocycles. The van der Waals surface area contributed by atoms with Crippen LogP contribution in [0.4, 0.5) is 4.39 Å². The van der Waals surface area contributed by atoms with Gasteiger partial charge >= 0.3 is 0 Å². The number of aliphatic hydroxyl groups excluding tert-OH is 1. The molecule has 0 spiro atoms. The molecule has 3 nitrogen and oxygen atoms in total. The maximum Gasteiger partial charge on any atom is 0.138 e. The topological polar surface area (TPSA) is 46.0 Å². The van der Waals surface area contributed by atoms with E-state index in [4.69, 9.17) is 0 Å². The van der Waals surface area contributed by atoms with Crippen LogP contribution >= 0.6 is 11.8 Å². The third-order valence-corrected chi connectivity index (χ3v) is 3.67. The van der Waals surface area contributed by atoms with Crippen molar-refractivity contribution in [2.75, 3.05) is 0 Å². The first-order chi connectivity index (χ1) is 9.06. The minimum Gasteiger partial charge on any atom is -0.389 e. The highest BCUT2D eigenvalue weighted by molar-refractivity contribution is 7.98. The van der Waals surface area contributed by atoms with Gasteiger partial charge in [0.1, 0.15) is 11.6 Å². The van der Waals surface area contributed by atoms with Crippen LogP contribution < -0.4 is 0 Å². The van der Waals surface area contributed by atoms with Crippen molar-refractivity contribution in [2.24, 2.45) is 0 Å². The first-order valence-corrected chi connectivity index (χ1v) is 6.93. The van der Waals surface area contributed by atoms with Crippen LogP contribution in [0.25, 0.3) is 0 Å². The van der Waals surface area contributed by atoms with E-state index in [1.807, 2.05) is 13.0 Å². The highest BCUT2D eigenvalue weighted by Crippen LogP contribution is 2.22. The highest BCUT2D eigenvalue weighted by atomic mass is 32.2. The van der Waals surface area contributed by atoms with E-state index < -0.39 is 6.10 Å². The molecule has 1 aromatic carbocycles. The molecule has 0 amide bonds. The summed E-state index contributed by atoms with van der Waals surface area (Å²) in [5.74, 6) is 1.01. The van der Waals surface area contributed by atoms with Crippen LogP contribution in [-0.2, 0) is 5.75 Å². The summed E-state index contributed by atoms with van der Waals surface area (Å²) >= 11 is 1.48. The van der Waals surface area contributed by atoms with Gasteiger partial charge in [-0.3, -0.25) is 0 Å². The Hall–Kier alpha value is -1.46. The SMILES string of the molecule is Cc1nc(CSc2cccc(F)c2)ncc1[C@@H](C)O. The zero-order valence-electron chi connectivity index (χ0n) is 10.8. The van der Waals surface area contributed by atoms with Gasteiger partial charge in [0.05, 0.1) is 11.9 Å². The Labute approximate surface area is 115 Å². The van der Waals surface area contributed by atoms with E-state index in [1.54, 1.807) is 19.2 Å². The number of nitrogens with zero attached hydrogens (tertiary/aromatic N) is 2. The number of benzene rings is 1. The highest BCUT2D eigenvalue weighted by Gasteiger charge is 2.08. The summed E-state index contributed by atoms with van der Waals surface area (Å²) in [6.45, 7) is 3.53. The fraction of sp³-hybridized carbons (Fsp3) is 0.286. The second kappa shape index (κ2) is 6.12. The standard InChI is InChI=1S/C14H15FN2OS/c1-9-13(10(2)18)7-16-14(17-9)8-19-12-5-3-4-11(15)6-12/h3-7,10,18H,8H2,1-2H3/t10-/m1/s1. The van der Waals surface area contributed by atoms with Gasteiger partial charge in [0.15, 0.2) is 0 Å². The summed E-state index contributed by atoms with van der Waals surface area (Å²) in [4.78, 5) is 9.41. The quantitative estimate of drug-likeness (QED) is 0.872. The minimum absolute atomic E-state index is 0.244. The molecule has 2 aromatic rings. The fourth-order valence-electron chi connectivity index (χ4n) is 1.71. The van der Waals surface area contributed by atoms with Crippen molar-refractivity contribution in [3.63, 3.8) is 0 Å². The van der Waals surface area contributed by atoms with Crippen molar-refractivity contribution >= 4 is 11.8 Å². The Kier molecular flexibility index (Phi) is 4.50. The lowest BCUT2D eigenvalue weighted by molar-refractivity contribution is 0.197. The number of halogens is 1. The predicted molar refractivity (Wildman–Crippen MR) is 73.4 cm³/mol. The minimum atomic E-state index is -0.565. The number of aromatic nitrogens is 2. The number of thioether (sulfide) groups is 1. The van der Waals surface area contributed by atoms with Crippen LogP contribution in [0.2, 0.25) is 0 Å². The molecule has 100 valence electrons. The zero-order valence-corrected chi connectivity index (χ0v) is 11.6. The number of rotatable bonds is 4. The van der Waals surface area contributed by atoms with E-state index >= 15 is 0 Å². The second-order valence-corrected chi connectivity index (χ2v) is 5.30. The number of aliphatic hydroxyl groups is 1. The largest absolute Gasteiger partial charge is 0.389 e. The maximum absolute atomic E-state index is 13.0. The molecule has 1 N–H and O–H groups in total. The van der Waals surface area contributed by atoms with E-state index in [0.29, 0.717) is 11.6 Å². The van der Waals surface area contributed by atoms with Crippen molar-refractivity contribution in [3.05, 3.63) is 53.4 Å². The molecule has 2 rings (SSSR count). The van der Waals surface area contributed by atoms with Crippen LogP contribution in [-0.4, -0.2) is 15.1 Å². The Balaban J connectivity index is 2.06. The number of aryl methyl sites for hydroxylation is 1. The third-order valence-electron chi connectivity index (χ3n) is 2.68. The van der Waals surface area contributed by atoms with Gasteiger partial charge in [0.25, 0.3) is 0 Å². The predicted octanol–water partition coefficient (Wildman–Crippen LogP) is 3.27. The second-order valence-electron chi connectivity index (χ2n) is 4.25. The molecule has 0 saturated heterocycles. The van der Waals surface area contributed by atoms with Crippen molar-refractivity contribution in [2.45, 2.75) is 30.6 Å². The maximum atomic E-state index is 13.0. The fourth-order valence-corrected chi connectivity index (χ4v) is 2.51. The molecular weight excluding hydrogens is 263 g/mol. The summed E-state index contributed by atoms with van der Waals surface area (Å²) in [5, 5.41) is 9.51. The summed E-state index contributed by atoms with van der Waals surface area (Å²) in [6, 6.07) is 6.44. The Bertz CT molecular complexity index is 575. The number of hydrogen-bond acceptors (Lipinski definition) is 4. The van der Waals surface area contributed by atoms with Crippen molar-refractivity contribution in [1.29, 1.82) is 0 Å². The van der Waals surface area contributed by atoms with Gasteiger partial charge in [-0.05, 0) is 32.0 Å². The van der Waals surface area contributed by atoms with Gasteiger partial charge in [-0.1, -0.05) is 6.07 Å².